The van der Waals surface area contributed by atoms with Gasteiger partial charge in [-0.05, 0) is 23.1 Å². The molecule has 13 heteroatoms. The van der Waals surface area contributed by atoms with E-state index in [1.165, 1.54) is 22.9 Å². The number of nitrogens with zero attached hydrogens (tertiary/aromatic N) is 4. The summed E-state index contributed by atoms with van der Waals surface area (Å²) in [5.74, 6) is -2.66. The predicted octanol–water partition coefficient (Wildman–Crippen LogP) is 3.42. The number of amides is 1. The molecule has 0 aliphatic rings. The highest BCUT2D eigenvalue weighted by Crippen LogP contribution is 2.30. The van der Waals surface area contributed by atoms with E-state index in [-0.39, 0.29) is 30.2 Å². The Morgan fingerprint density at radius 1 is 1.07 bits per heavy atom. The van der Waals surface area contributed by atoms with Crippen LogP contribution in [0.3, 0.4) is 0 Å². The molecule has 0 spiro atoms. The number of hydrogen-bond acceptors (Lipinski definition) is 7. The summed E-state index contributed by atoms with van der Waals surface area (Å²) in [7, 11) is 0. The van der Waals surface area contributed by atoms with Crippen LogP contribution in [0.2, 0.25) is 0 Å². The second-order valence-corrected chi connectivity index (χ2v) is 9.51. The molecule has 1 atom stereocenters. The quantitative estimate of drug-likeness (QED) is 0.286. The first-order valence-corrected chi connectivity index (χ1v) is 12.3. The van der Waals surface area contributed by atoms with Crippen LogP contribution in [-0.4, -0.2) is 42.1 Å². The summed E-state index contributed by atoms with van der Waals surface area (Å²) >= 11 is 0. The van der Waals surface area contributed by atoms with Crippen LogP contribution in [0.1, 0.15) is 47.0 Å². The molecule has 2 N–H and O–H groups in total. The minimum absolute atomic E-state index is 0.0762. The lowest BCUT2D eigenvalue weighted by Gasteiger charge is -2.19. The van der Waals surface area contributed by atoms with Crippen molar-refractivity contribution in [3.8, 4) is 5.88 Å². The summed E-state index contributed by atoms with van der Waals surface area (Å²) in [6, 6.07) is 12.6. The smallest absolute Gasteiger partial charge is 0.416 e. The van der Waals surface area contributed by atoms with E-state index in [2.05, 4.69) is 15.5 Å². The lowest BCUT2D eigenvalue weighted by Crippen LogP contribution is -2.46. The standard InChI is InChI=1S/C27H26F3N5O5/c1-16(2)23(24(38)25-32-21(40-33-25)12-18-9-6-10-19(11-18)27(28,29)30)31-20(36)14-35-22(37)15-34(26(35)39)13-17-7-4-3-5-8-17/h3-11,15-16,23,37H,12-14H2,1-2H3,(H,31,36)/t23-/m0/s1. The molecule has 4 rings (SSSR count). The zero-order valence-electron chi connectivity index (χ0n) is 21.6. The first-order chi connectivity index (χ1) is 18.9. The van der Waals surface area contributed by atoms with Crippen LogP contribution in [0.15, 0.2) is 70.1 Å². The van der Waals surface area contributed by atoms with E-state index < -0.39 is 53.5 Å². The van der Waals surface area contributed by atoms with Gasteiger partial charge in [-0.2, -0.15) is 18.2 Å². The molecule has 210 valence electrons. The Morgan fingerprint density at radius 2 is 1.77 bits per heavy atom. The molecule has 0 unspecified atom stereocenters. The first-order valence-electron chi connectivity index (χ1n) is 12.3. The number of hydrogen-bond donors (Lipinski definition) is 2. The Labute approximate surface area is 226 Å². The molecule has 10 nitrogen and oxygen atoms in total. The highest BCUT2D eigenvalue weighted by molar-refractivity contribution is 5.99. The van der Waals surface area contributed by atoms with Crippen LogP contribution in [-0.2, 0) is 30.5 Å². The number of Topliss-reactive ketones (excluding diaryl/α,β-unsaturated/α-hetero) is 1. The molecule has 0 saturated heterocycles. The van der Waals surface area contributed by atoms with Crippen molar-refractivity contribution in [2.24, 2.45) is 5.92 Å². The van der Waals surface area contributed by atoms with Gasteiger partial charge in [0.25, 0.3) is 0 Å². The van der Waals surface area contributed by atoms with Gasteiger partial charge in [0.15, 0.2) is 0 Å². The Hall–Kier alpha value is -4.68. The van der Waals surface area contributed by atoms with Gasteiger partial charge in [-0.25, -0.2) is 4.79 Å². The van der Waals surface area contributed by atoms with Gasteiger partial charge in [0.05, 0.1) is 30.8 Å². The third kappa shape index (κ3) is 6.65. The molecule has 0 radical (unpaired) electrons. The van der Waals surface area contributed by atoms with E-state index in [1.54, 1.807) is 13.8 Å². The monoisotopic (exact) mass is 557 g/mol. The van der Waals surface area contributed by atoms with Crippen molar-refractivity contribution in [3.05, 3.63) is 99.7 Å². The number of nitrogens with one attached hydrogen (secondary N) is 1. The second kappa shape index (κ2) is 11.6. The molecular weight excluding hydrogens is 531 g/mol. The number of benzene rings is 2. The van der Waals surface area contributed by atoms with E-state index in [1.807, 2.05) is 30.3 Å². The topological polar surface area (TPSA) is 132 Å². The number of aromatic hydroxyl groups is 1. The highest BCUT2D eigenvalue weighted by atomic mass is 19.4. The van der Waals surface area contributed by atoms with Crippen LogP contribution in [0, 0.1) is 5.92 Å². The molecule has 0 aliphatic carbocycles. The summed E-state index contributed by atoms with van der Waals surface area (Å²) < 4.78 is 46.2. The molecule has 0 saturated carbocycles. The van der Waals surface area contributed by atoms with E-state index in [4.69, 9.17) is 4.52 Å². The number of aromatic nitrogens is 4. The molecular formula is C27H26F3N5O5. The number of carbonyl (C=O) groups is 2. The minimum atomic E-state index is -4.51. The fourth-order valence-electron chi connectivity index (χ4n) is 4.06. The van der Waals surface area contributed by atoms with Gasteiger partial charge in [-0.1, -0.05) is 67.5 Å². The lowest BCUT2D eigenvalue weighted by molar-refractivity contribution is -0.137. The molecule has 1 amide bonds. The number of carbonyl (C=O) groups excluding carboxylic acids is 2. The SMILES string of the molecule is CC(C)[C@H](NC(=O)Cn1c(O)cn(Cc2ccccc2)c1=O)C(=O)c1noc(Cc2cccc(C(F)(F)F)c2)n1. The number of alkyl halides is 3. The number of rotatable bonds is 10. The van der Waals surface area contributed by atoms with Crippen molar-refractivity contribution in [2.45, 2.75) is 45.6 Å². The van der Waals surface area contributed by atoms with Crippen LogP contribution in [0.4, 0.5) is 13.2 Å². The maximum Gasteiger partial charge on any atom is 0.416 e. The Balaban J connectivity index is 1.43. The minimum Gasteiger partial charge on any atom is -0.493 e. The van der Waals surface area contributed by atoms with Gasteiger partial charge >= 0.3 is 11.9 Å². The fraction of sp³-hybridized carbons (Fsp3) is 0.296. The average Bonchev–Trinajstić information content (AvgIpc) is 3.47. The average molecular weight is 558 g/mol. The van der Waals surface area contributed by atoms with Gasteiger partial charge < -0.3 is 14.9 Å². The first kappa shape index (κ1) is 28.3. The van der Waals surface area contributed by atoms with Crippen molar-refractivity contribution in [1.82, 2.24) is 24.6 Å². The van der Waals surface area contributed by atoms with Gasteiger partial charge in [-0.3, -0.25) is 18.7 Å². The van der Waals surface area contributed by atoms with Gasteiger partial charge in [0, 0.05) is 0 Å². The van der Waals surface area contributed by atoms with E-state index in [0.29, 0.717) is 0 Å². The summed E-state index contributed by atoms with van der Waals surface area (Å²) in [4.78, 5) is 42.7. The largest absolute Gasteiger partial charge is 0.493 e. The second-order valence-electron chi connectivity index (χ2n) is 9.51. The number of imidazole rings is 1. The van der Waals surface area contributed by atoms with Crippen LogP contribution in [0.25, 0.3) is 0 Å². The van der Waals surface area contributed by atoms with Crippen molar-refractivity contribution in [2.75, 3.05) is 0 Å². The maximum atomic E-state index is 13.1. The third-order valence-corrected chi connectivity index (χ3v) is 6.09. The van der Waals surface area contributed by atoms with Crippen LogP contribution in [0.5, 0.6) is 5.88 Å². The van der Waals surface area contributed by atoms with Gasteiger partial charge in [-0.15, -0.1) is 0 Å². The summed E-state index contributed by atoms with van der Waals surface area (Å²) in [5, 5.41) is 16.4. The van der Waals surface area contributed by atoms with Gasteiger partial charge in [0.1, 0.15) is 6.54 Å². The zero-order chi connectivity index (χ0) is 29.0. The maximum absolute atomic E-state index is 13.1. The molecule has 2 aromatic heterocycles. The van der Waals surface area contributed by atoms with Gasteiger partial charge in [0.2, 0.25) is 29.3 Å². The molecule has 0 fully saturated rings. The molecule has 4 aromatic rings. The normalized spacial score (nSPS) is 12.4. The molecule has 40 heavy (non-hydrogen) atoms. The van der Waals surface area contributed by atoms with E-state index in [0.717, 1.165) is 22.3 Å². The molecule has 0 bridgehead atoms. The Bertz CT molecular complexity index is 1560. The fourth-order valence-corrected chi connectivity index (χ4v) is 4.06. The molecule has 2 heterocycles. The molecule has 2 aromatic carbocycles. The molecule has 0 aliphatic heterocycles. The van der Waals surface area contributed by atoms with E-state index >= 15 is 0 Å². The summed E-state index contributed by atoms with van der Waals surface area (Å²) in [6.45, 7) is 2.99. The zero-order valence-corrected chi connectivity index (χ0v) is 21.6. The summed E-state index contributed by atoms with van der Waals surface area (Å²) in [5.41, 5.74) is -0.356. The highest BCUT2D eigenvalue weighted by Gasteiger charge is 2.31. The van der Waals surface area contributed by atoms with Crippen LogP contribution < -0.4 is 11.0 Å². The van der Waals surface area contributed by atoms with Crippen molar-refractivity contribution in [3.63, 3.8) is 0 Å². The third-order valence-electron chi connectivity index (χ3n) is 6.09. The van der Waals surface area contributed by atoms with Crippen molar-refractivity contribution in [1.29, 1.82) is 0 Å². The summed E-state index contributed by atoms with van der Waals surface area (Å²) in [6.07, 6.45) is -3.43. The van der Waals surface area contributed by atoms with Crippen LogP contribution >= 0.6 is 0 Å². The van der Waals surface area contributed by atoms with Crippen molar-refractivity contribution < 1.29 is 32.4 Å². The Morgan fingerprint density at radius 3 is 2.45 bits per heavy atom. The number of halogens is 3. The van der Waals surface area contributed by atoms with Crippen molar-refractivity contribution >= 4 is 11.7 Å². The number of ketones is 1. The van der Waals surface area contributed by atoms with E-state index in [9.17, 15) is 32.7 Å². The Kier molecular flexibility index (Phi) is 8.21. The predicted molar refractivity (Wildman–Crippen MR) is 136 cm³/mol. The lowest BCUT2D eigenvalue weighted by atomic mass is 9.99.